The Morgan fingerprint density at radius 1 is 1.21 bits per heavy atom. The van der Waals surface area contributed by atoms with Crippen LogP contribution in [0.2, 0.25) is 5.02 Å². The molecule has 0 aliphatic carbocycles. The van der Waals surface area contributed by atoms with Gasteiger partial charge in [-0.1, -0.05) is 35.9 Å². The number of nitrogens with zero attached hydrogens (tertiary/aromatic N) is 4. The van der Waals surface area contributed by atoms with Crippen molar-refractivity contribution in [2.75, 3.05) is 5.32 Å². The van der Waals surface area contributed by atoms with E-state index in [0.717, 1.165) is 16.8 Å². The van der Waals surface area contributed by atoms with Crippen LogP contribution in [0.1, 0.15) is 11.1 Å². The summed E-state index contributed by atoms with van der Waals surface area (Å²) in [5.74, 6) is 0.173. The summed E-state index contributed by atoms with van der Waals surface area (Å²) in [4.78, 5) is 13.4. The summed E-state index contributed by atoms with van der Waals surface area (Å²) in [7, 11) is 0. The molecular weight excluding hydrogens is 326 g/mol. The largest absolute Gasteiger partial charge is 0.324 e. The summed E-state index contributed by atoms with van der Waals surface area (Å²) in [6.45, 7) is 3.90. The van der Waals surface area contributed by atoms with E-state index in [1.807, 2.05) is 44.2 Å². The lowest BCUT2D eigenvalue weighted by molar-refractivity contribution is -0.117. The smallest absolute Gasteiger partial charge is 0.248 e. The number of anilines is 1. The van der Waals surface area contributed by atoms with E-state index in [1.165, 1.54) is 4.80 Å². The van der Waals surface area contributed by atoms with Gasteiger partial charge in [0.05, 0.1) is 5.02 Å². The third-order valence-electron chi connectivity index (χ3n) is 3.52. The first-order chi connectivity index (χ1) is 11.5. The molecule has 0 radical (unpaired) electrons. The Hall–Kier alpha value is -2.73. The second-order valence-corrected chi connectivity index (χ2v) is 5.90. The topological polar surface area (TPSA) is 72.7 Å². The van der Waals surface area contributed by atoms with Crippen LogP contribution < -0.4 is 5.32 Å². The number of hydrogen-bond donors (Lipinski definition) is 1. The van der Waals surface area contributed by atoms with Crippen molar-refractivity contribution in [1.29, 1.82) is 0 Å². The van der Waals surface area contributed by atoms with Crippen LogP contribution >= 0.6 is 11.6 Å². The molecule has 3 rings (SSSR count). The van der Waals surface area contributed by atoms with Gasteiger partial charge in [0.15, 0.2) is 0 Å². The maximum atomic E-state index is 12.2. The Bertz CT molecular complexity index is 890. The number of halogens is 1. The quantitative estimate of drug-likeness (QED) is 0.790. The van der Waals surface area contributed by atoms with Gasteiger partial charge in [-0.15, -0.1) is 10.2 Å². The highest BCUT2D eigenvalue weighted by atomic mass is 35.5. The minimum absolute atomic E-state index is 0.0230. The molecule has 0 fully saturated rings. The lowest BCUT2D eigenvalue weighted by atomic mass is 10.1. The van der Waals surface area contributed by atoms with Gasteiger partial charge < -0.3 is 5.32 Å². The maximum absolute atomic E-state index is 12.2. The molecule has 0 atom stereocenters. The third-order valence-corrected chi connectivity index (χ3v) is 3.85. The highest BCUT2D eigenvalue weighted by Crippen LogP contribution is 2.23. The number of rotatable bonds is 4. The fourth-order valence-corrected chi connectivity index (χ4v) is 2.47. The first-order valence-electron chi connectivity index (χ1n) is 7.43. The molecule has 2 aromatic carbocycles. The van der Waals surface area contributed by atoms with E-state index < -0.39 is 0 Å². The molecule has 0 aliphatic rings. The first kappa shape index (κ1) is 16.1. The standard InChI is InChI=1S/C17H16ClN5O/c1-11-7-8-12(2)15(9-11)19-16(24)10-23-21-17(20-22-23)13-5-3-4-6-14(13)18/h3-9H,10H2,1-2H3,(H,19,24). The Balaban J connectivity index is 1.72. The number of carbonyl (C=O) groups excluding carboxylic acids is 1. The Morgan fingerprint density at radius 2 is 2.00 bits per heavy atom. The van der Waals surface area contributed by atoms with E-state index >= 15 is 0 Å². The van der Waals surface area contributed by atoms with Crippen LogP contribution in [-0.4, -0.2) is 26.1 Å². The van der Waals surface area contributed by atoms with Crippen LogP contribution in [0.5, 0.6) is 0 Å². The molecule has 1 aromatic heterocycles. The number of aryl methyl sites for hydroxylation is 2. The second kappa shape index (κ2) is 6.80. The highest BCUT2D eigenvalue weighted by Gasteiger charge is 2.12. The second-order valence-electron chi connectivity index (χ2n) is 5.49. The highest BCUT2D eigenvalue weighted by molar-refractivity contribution is 6.33. The number of aromatic nitrogens is 4. The molecular formula is C17H16ClN5O. The molecule has 0 aliphatic heterocycles. The van der Waals surface area contributed by atoms with Gasteiger partial charge in [-0.2, -0.15) is 4.80 Å². The Kier molecular flexibility index (Phi) is 4.57. The van der Waals surface area contributed by atoms with E-state index in [0.29, 0.717) is 16.4 Å². The molecule has 0 spiro atoms. The summed E-state index contributed by atoms with van der Waals surface area (Å²) in [5, 5.41) is 15.5. The van der Waals surface area contributed by atoms with Crippen LogP contribution in [0.4, 0.5) is 5.69 Å². The summed E-state index contributed by atoms with van der Waals surface area (Å²) >= 11 is 6.12. The van der Waals surface area contributed by atoms with Gasteiger partial charge in [0.25, 0.3) is 0 Å². The Labute approximate surface area is 144 Å². The van der Waals surface area contributed by atoms with Gasteiger partial charge in [-0.05, 0) is 48.4 Å². The maximum Gasteiger partial charge on any atom is 0.248 e. The molecule has 0 saturated heterocycles. The van der Waals surface area contributed by atoms with Crippen LogP contribution in [0.15, 0.2) is 42.5 Å². The first-order valence-corrected chi connectivity index (χ1v) is 7.80. The summed E-state index contributed by atoms with van der Waals surface area (Å²) in [6.07, 6.45) is 0. The molecule has 3 aromatic rings. The fraction of sp³-hybridized carbons (Fsp3) is 0.176. The molecule has 1 heterocycles. The van der Waals surface area contributed by atoms with Crippen LogP contribution in [0, 0.1) is 13.8 Å². The number of hydrogen-bond acceptors (Lipinski definition) is 4. The minimum Gasteiger partial charge on any atom is -0.324 e. The van der Waals surface area contributed by atoms with Gasteiger partial charge in [0, 0.05) is 11.3 Å². The van der Waals surface area contributed by atoms with E-state index in [-0.39, 0.29) is 12.5 Å². The van der Waals surface area contributed by atoms with Crippen molar-refractivity contribution >= 4 is 23.2 Å². The average molecular weight is 342 g/mol. The van der Waals surface area contributed by atoms with E-state index in [4.69, 9.17) is 11.6 Å². The number of nitrogens with one attached hydrogen (secondary N) is 1. The fourth-order valence-electron chi connectivity index (χ4n) is 2.25. The van der Waals surface area contributed by atoms with Crippen molar-refractivity contribution in [3.8, 4) is 11.4 Å². The molecule has 6 nitrogen and oxygen atoms in total. The van der Waals surface area contributed by atoms with Gasteiger partial charge in [0.2, 0.25) is 11.7 Å². The predicted octanol–water partition coefficient (Wildman–Crippen LogP) is 3.25. The zero-order valence-electron chi connectivity index (χ0n) is 13.3. The van der Waals surface area contributed by atoms with Crippen molar-refractivity contribution in [1.82, 2.24) is 20.2 Å². The molecule has 0 saturated carbocycles. The summed E-state index contributed by atoms with van der Waals surface area (Å²) < 4.78 is 0. The van der Waals surface area contributed by atoms with Crippen LogP contribution in [0.3, 0.4) is 0 Å². The van der Waals surface area contributed by atoms with Crippen molar-refractivity contribution in [2.24, 2.45) is 0 Å². The summed E-state index contributed by atoms with van der Waals surface area (Å²) in [6, 6.07) is 13.1. The van der Waals surface area contributed by atoms with Crippen molar-refractivity contribution in [2.45, 2.75) is 20.4 Å². The molecule has 0 bridgehead atoms. The van der Waals surface area contributed by atoms with Gasteiger partial charge in [0.1, 0.15) is 6.54 Å². The number of benzene rings is 2. The van der Waals surface area contributed by atoms with Gasteiger partial charge >= 0.3 is 0 Å². The van der Waals surface area contributed by atoms with E-state index in [9.17, 15) is 4.79 Å². The molecule has 1 N–H and O–H groups in total. The van der Waals surface area contributed by atoms with Gasteiger partial charge in [-0.25, -0.2) is 0 Å². The summed E-state index contributed by atoms with van der Waals surface area (Å²) in [5.41, 5.74) is 3.54. The lowest BCUT2D eigenvalue weighted by Gasteiger charge is -2.08. The van der Waals surface area contributed by atoms with E-state index in [2.05, 4.69) is 20.7 Å². The molecule has 0 unspecified atom stereocenters. The third kappa shape index (κ3) is 3.60. The normalized spacial score (nSPS) is 10.6. The molecule has 7 heteroatoms. The van der Waals surface area contributed by atoms with Crippen LogP contribution in [0.25, 0.3) is 11.4 Å². The zero-order valence-corrected chi connectivity index (χ0v) is 14.1. The Morgan fingerprint density at radius 3 is 2.79 bits per heavy atom. The van der Waals surface area contributed by atoms with Gasteiger partial charge in [-0.3, -0.25) is 4.79 Å². The number of amides is 1. The van der Waals surface area contributed by atoms with Crippen molar-refractivity contribution < 1.29 is 4.79 Å². The molecule has 122 valence electrons. The minimum atomic E-state index is -0.216. The van der Waals surface area contributed by atoms with Crippen molar-refractivity contribution in [3.63, 3.8) is 0 Å². The average Bonchev–Trinajstić information content (AvgIpc) is 2.99. The number of carbonyl (C=O) groups is 1. The van der Waals surface area contributed by atoms with Crippen molar-refractivity contribution in [3.05, 3.63) is 58.6 Å². The monoisotopic (exact) mass is 341 g/mol. The molecule has 1 amide bonds. The van der Waals surface area contributed by atoms with E-state index in [1.54, 1.807) is 12.1 Å². The SMILES string of the molecule is Cc1ccc(C)c(NC(=O)Cn2nnc(-c3ccccc3Cl)n2)c1. The number of tetrazole rings is 1. The zero-order chi connectivity index (χ0) is 17.1. The lowest BCUT2D eigenvalue weighted by Crippen LogP contribution is -2.21. The van der Waals surface area contributed by atoms with Crippen LogP contribution in [-0.2, 0) is 11.3 Å². The predicted molar refractivity (Wildman–Crippen MR) is 92.8 cm³/mol. The molecule has 24 heavy (non-hydrogen) atoms.